The molecule has 7 heteroatoms. The van der Waals surface area contributed by atoms with Crippen LogP contribution < -0.4 is 5.32 Å². The summed E-state index contributed by atoms with van der Waals surface area (Å²) in [7, 11) is 0. The van der Waals surface area contributed by atoms with Gasteiger partial charge in [0, 0.05) is 12.6 Å². The van der Waals surface area contributed by atoms with Crippen molar-refractivity contribution in [3.8, 4) is 0 Å². The van der Waals surface area contributed by atoms with Crippen molar-refractivity contribution in [3.63, 3.8) is 0 Å². The molecule has 2 atom stereocenters. The number of urea groups is 1. The molecule has 3 aliphatic rings. The van der Waals surface area contributed by atoms with Gasteiger partial charge in [0.05, 0.1) is 0 Å². The third-order valence-electron chi connectivity index (χ3n) is 6.34. The van der Waals surface area contributed by atoms with E-state index in [0.717, 1.165) is 37.0 Å². The van der Waals surface area contributed by atoms with Crippen molar-refractivity contribution in [3.05, 3.63) is 35.6 Å². The van der Waals surface area contributed by atoms with Crippen LogP contribution in [0.15, 0.2) is 24.3 Å². The van der Waals surface area contributed by atoms with E-state index >= 15 is 0 Å². The number of benzene rings is 1. The van der Waals surface area contributed by atoms with E-state index in [-0.39, 0.29) is 42.7 Å². The van der Waals surface area contributed by atoms with Crippen LogP contribution in [0.2, 0.25) is 0 Å². The van der Waals surface area contributed by atoms with Crippen molar-refractivity contribution < 1.29 is 18.8 Å². The molecule has 2 aliphatic carbocycles. The Morgan fingerprint density at radius 1 is 1.29 bits per heavy atom. The van der Waals surface area contributed by atoms with Gasteiger partial charge in [0.1, 0.15) is 17.9 Å². The van der Waals surface area contributed by atoms with Crippen LogP contribution in [0, 0.1) is 11.7 Å². The van der Waals surface area contributed by atoms with Crippen LogP contribution in [0.1, 0.15) is 51.0 Å². The predicted molar refractivity (Wildman–Crippen MR) is 101 cm³/mol. The first-order valence-corrected chi connectivity index (χ1v) is 10.1. The second-order valence-electron chi connectivity index (χ2n) is 8.32. The fourth-order valence-electron chi connectivity index (χ4n) is 4.50. The highest BCUT2D eigenvalue weighted by atomic mass is 19.1. The number of nitrogens with one attached hydrogen (secondary N) is 1. The summed E-state index contributed by atoms with van der Waals surface area (Å²) >= 11 is 0. The quantitative estimate of drug-likeness (QED) is 0.790. The first-order chi connectivity index (χ1) is 13.4. The minimum atomic E-state index is -0.859. The fraction of sp³-hybridized carbons (Fsp3) is 0.571. The number of hydrogen-bond acceptors (Lipinski definition) is 3. The van der Waals surface area contributed by atoms with E-state index in [9.17, 15) is 18.8 Å². The van der Waals surface area contributed by atoms with Crippen LogP contribution in [0.3, 0.4) is 0 Å². The van der Waals surface area contributed by atoms with Crippen LogP contribution in [0.5, 0.6) is 0 Å². The molecule has 0 bridgehead atoms. The van der Waals surface area contributed by atoms with Gasteiger partial charge >= 0.3 is 6.03 Å². The average molecular weight is 387 g/mol. The molecule has 1 spiro atoms. The zero-order valence-electron chi connectivity index (χ0n) is 16.1. The maximum atomic E-state index is 13.5. The molecule has 4 rings (SSSR count). The van der Waals surface area contributed by atoms with Crippen LogP contribution in [0.4, 0.5) is 9.18 Å². The van der Waals surface area contributed by atoms with E-state index in [2.05, 4.69) is 5.32 Å². The number of rotatable bonds is 5. The summed E-state index contributed by atoms with van der Waals surface area (Å²) in [5.41, 5.74) is -0.155. The molecule has 6 nitrogen and oxygen atoms in total. The molecule has 1 aromatic rings. The molecule has 1 N–H and O–H groups in total. The Kier molecular flexibility index (Phi) is 4.85. The first kappa shape index (κ1) is 18.9. The minimum absolute atomic E-state index is 0.0598. The maximum absolute atomic E-state index is 13.5. The Morgan fingerprint density at radius 2 is 2.07 bits per heavy atom. The van der Waals surface area contributed by atoms with E-state index in [1.165, 1.54) is 12.1 Å². The Morgan fingerprint density at radius 3 is 2.75 bits per heavy atom. The van der Waals surface area contributed by atoms with Crippen molar-refractivity contribution in [1.82, 2.24) is 15.1 Å². The number of halogens is 1. The lowest BCUT2D eigenvalue weighted by atomic mass is 9.73. The first-order valence-electron chi connectivity index (χ1n) is 10.1. The Hall–Kier alpha value is -2.44. The van der Waals surface area contributed by atoms with Crippen LogP contribution >= 0.6 is 0 Å². The Bertz CT molecular complexity index is 810. The van der Waals surface area contributed by atoms with Gasteiger partial charge in [-0.1, -0.05) is 31.9 Å². The van der Waals surface area contributed by atoms with Crippen molar-refractivity contribution in [2.75, 3.05) is 6.54 Å². The van der Waals surface area contributed by atoms with Gasteiger partial charge in [-0.15, -0.1) is 0 Å². The summed E-state index contributed by atoms with van der Waals surface area (Å²) in [5, 5.41) is 2.88. The molecule has 1 aliphatic heterocycles. The van der Waals surface area contributed by atoms with Gasteiger partial charge in [-0.25, -0.2) is 9.18 Å². The van der Waals surface area contributed by atoms with Crippen LogP contribution in [0.25, 0.3) is 0 Å². The summed E-state index contributed by atoms with van der Waals surface area (Å²) < 4.78 is 13.5. The molecule has 4 amide bonds. The van der Waals surface area contributed by atoms with Gasteiger partial charge in [0.2, 0.25) is 5.91 Å². The SMILES string of the molecule is CC1CCCCC12NC(=O)N(CC(=O)N(Cc1cccc(F)c1)C1CC1)C2=O. The lowest BCUT2D eigenvalue weighted by Crippen LogP contribution is -2.54. The average Bonchev–Trinajstić information content (AvgIpc) is 3.47. The van der Waals surface area contributed by atoms with E-state index in [1.54, 1.807) is 17.0 Å². The molecule has 0 aromatic heterocycles. The van der Waals surface area contributed by atoms with Crippen molar-refractivity contribution >= 4 is 17.8 Å². The van der Waals surface area contributed by atoms with E-state index in [0.29, 0.717) is 12.0 Å². The number of hydrogen-bond donors (Lipinski definition) is 1. The number of amides is 4. The molecule has 150 valence electrons. The van der Waals surface area contributed by atoms with Gasteiger partial charge in [-0.3, -0.25) is 14.5 Å². The zero-order chi connectivity index (χ0) is 19.9. The van der Waals surface area contributed by atoms with E-state index < -0.39 is 11.6 Å². The number of imide groups is 1. The lowest BCUT2D eigenvalue weighted by Gasteiger charge is -2.36. The highest BCUT2D eigenvalue weighted by Gasteiger charge is 2.55. The normalized spacial score (nSPS) is 27.2. The third-order valence-corrected chi connectivity index (χ3v) is 6.34. The molecule has 1 heterocycles. The van der Waals surface area contributed by atoms with Crippen LogP contribution in [-0.4, -0.2) is 45.8 Å². The van der Waals surface area contributed by atoms with Gasteiger partial charge in [-0.2, -0.15) is 0 Å². The third kappa shape index (κ3) is 3.38. The second kappa shape index (κ2) is 7.18. The van der Waals surface area contributed by atoms with Crippen molar-refractivity contribution in [2.45, 2.75) is 63.6 Å². The highest BCUT2D eigenvalue weighted by molar-refractivity contribution is 6.09. The standard InChI is InChI=1S/C21H26FN3O3/c1-14-5-2-3-10-21(14)19(27)25(20(28)23-21)13-18(26)24(17-8-9-17)12-15-6-4-7-16(22)11-15/h4,6-7,11,14,17H,2-3,5,8-10,12-13H2,1H3,(H,23,28). The summed E-state index contributed by atoms with van der Waals surface area (Å²) in [6, 6.07) is 5.79. The fourth-order valence-corrected chi connectivity index (χ4v) is 4.50. The molecule has 28 heavy (non-hydrogen) atoms. The highest BCUT2D eigenvalue weighted by Crippen LogP contribution is 2.38. The molecular weight excluding hydrogens is 361 g/mol. The Labute approximate surface area is 164 Å². The van der Waals surface area contributed by atoms with Gasteiger partial charge < -0.3 is 10.2 Å². The number of carbonyl (C=O) groups is 3. The summed E-state index contributed by atoms with van der Waals surface area (Å²) in [6.45, 7) is 2.01. The summed E-state index contributed by atoms with van der Waals surface area (Å²) in [5.74, 6) is -0.831. The zero-order valence-corrected chi connectivity index (χ0v) is 16.1. The number of nitrogens with zero attached hydrogens (tertiary/aromatic N) is 2. The molecule has 3 fully saturated rings. The minimum Gasteiger partial charge on any atom is -0.334 e. The van der Waals surface area contributed by atoms with Gasteiger partial charge in [-0.05, 0) is 49.3 Å². The molecule has 1 saturated heterocycles. The van der Waals surface area contributed by atoms with Crippen LogP contribution in [-0.2, 0) is 16.1 Å². The topological polar surface area (TPSA) is 69.7 Å². The molecule has 2 unspecified atom stereocenters. The van der Waals surface area contributed by atoms with E-state index in [4.69, 9.17) is 0 Å². The largest absolute Gasteiger partial charge is 0.334 e. The molecule has 1 aromatic carbocycles. The summed E-state index contributed by atoms with van der Waals surface area (Å²) in [6.07, 6.45) is 5.24. The summed E-state index contributed by atoms with van der Waals surface area (Å²) in [4.78, 5) is 41.3. The molecular formula is C21H26FN3O3. The van der Waals surface area contributed by atoms with E-state index in [1.807, 2.05) is 6.92 Å². The number of carbonyl (C=O) groups excluding carboxylic acids is 3. The second-order valence-corrected chi connectivity index (χ2v) is 8.32. The van der Waals surface area contributed by atoms with Gasteiger partial charge in [0.25, 0.3) is 5.91 Å². The van der Waals surface area contributed by atoms with Crippen molar-refractivity contribution in [2.24, 2.45) is 5.92 Å². The maximum Gasteiger partial charge on any atom is 0.325 e. The predicted octanol–water partition coefficient (Wildman–Crippen LogP) is 2.82. The van der Waals surface area contributed by atoms with Crippen molar-refractivity contribution in [1.29, 1.82) is 0 Å². The smallest absolute Gasteiger partial charge is 0.325 e. The monoisotopic (exact) mass is 387 g/mol. The molecule has 2 saturated carbocycles. The Balaban J connectivity index is 1.48. The lowest BCUT2D eigenvalue weighted by molar-refractivity contribution is -0.141. The van der Waals surface area contributed by atoms with Gasteiger partial charge in [0.15, 0.2) is 0 Å². The molecule has 0 radical (unpaired) electrons.